The first kappa shape index (κ1) is 22.4. The number of nitro benzene ring substituents is 1. The topological polar surface area (TPSA) is 95.8 Å². The average molecular weight is 447 g/mol. The molecule has 0 spiro atoms. The first-order valence-electron chi connectivity index (χ1n) is 11.0. The first-order valence-corrected chi connectivity index (χ1v) is 11.0. The molecule has 3 aromatic rings. The highest BCUT2D eigenvalue weighted by Gasteiger charge is 2.26. The Bertz CT molecular complexity index is 1180. The van der Waals surface area contributed by atoms with E-state index in [-0.39, 0.29) is 17.2 Å². The van der Waals surface area contributed by atoms with Crippen LogP contribution in [0.2, 0.25) is 0 Å². The Labute approximate surface area is 191 Å². The lowest BCUT2D eigenvalue weighted by molar-refractivity contribution is -0.384. The number of hydrogen-bond acceptors (Lipinski definition) is 5. The van der Waals surface area contributed by atoms with Crippen molar-refractivity contribution >= 4 is 28.3 Å². The van der Waals surface area contributed by atoms with Crippen LogP contribution in [-0.2, 0) is 11.3 Å². The fourth-order valence-corrected chi connectivity index (χ4v) is 4.17. The molecule has 1 heterocycles. The van der Waals surface area contributed by atoms with Gasteiger partial charge < -0.3 is 10.2 Å². The zero-order valence-electron chi connectivity index (χ0n) is 18.4. The SMILES string of the molecule is C[C@H](NC(=O)c1cccc([N+](=O)[O-])c1)C(=O)N1CCN(Cc2cccc3ccccc23)CC1. The monoisotopic (exact) mass is 446 g/mol. The number of nitrogens with one attached hydrogen (secondary N) is 1. The molecule has 3 aromatic carbocycles. The summed E-state index contributed by atoms with van der Waals surface area (Å²) in [5.74, 6) is -0.660. The van der Waals surface area contributed by atoms with Crippen LogP contribution in [0, 0.1) is 10.1 Å². The lowest BCUT2D eigenvalue weighted by Gasteiger charge is -2.36. The largest absolute Gasteiger partial charge is 0.341 e. The Hall–Kier alpha value is -3.78. The lowest BCUT2D eigenvalue weighted by atomic mass is 10.0. The summed E-state index contributed by atoms with van der Waals surface area (Å²) in [6, 6.07) is 19.4. The lowest BCUT2D eigenvalue weighted by Crippen LogP contribution is -2.53. The molecule has 0 aromatic heterocycles. The van der Waals surface area contributed by atoms with Crippen molar-refractivity contribution < 1.29 is 14.5 Å². The summed E-state index contributed by atoms with van der Waals surface area (Å²) in [7, 11) is 0. The van der Waals surface area contributed by atoms with Crippen LogP contribution in [0.25, 0.3) is 10.8 Å². The second kappa shape index (κ2) is 9.79. The number of nitrogens with zero attached hydrogens (tertiary/aromatic N) is 3. The molecule has 0 unspecified atom stereocenters. The van der Waals surface area contributed by atoms with Gasteiger partial charge in [0.1, 0.15) is 6.04 Å². The molecule has 8 nitrogen and oxygen atoms in total. The molecule has 2 amide bonds. The molecule has 4 rings (SSSR count). The number of fused-ring (bicyclic) bond motifs is 1. The summed E-state index contributed by atoms with van der Waals surface area (Å²) in [5.41, 5.74) is 1.26. The summed E-state index contributed by atoms with van der Waals surface area (Å²) in [5, 5.41) is 16.1. The summed E-state index contributed by atoms with van der Waals surface area (Å²) in [6.45, 7) is 5.13. The zero-order chi connectivity index (χ0) is 23.4. The normalized spacial score (nSPS) is 15.2. The van der Waals surface area contributed by atoms with Gasteiger partial charge in [-0.15, -0.1) is 0 Å². The molecule has 0 aliphatic carbocycles. The van der Waals surface area contributed by atoms with Gasteiger partial charge in [-0.05, 0) is 29.3 Å². The van der Waals surface area contributed by atoms with Gasteiger partial charge in [-0.2, -0.15) is 0 Å². The van der Waals surface area contributed by atoms with E-state index < -0.39 is 16.9 Å². The Kier molecular flexibility index (Phi) is 6.65. The Balaban J connectivity index is 1.32. The second-order valence-corrected chi connectivity index (χ2v) is 8.24. The van der Waals surface area contributed by atoms with Gasteiger partial charge in [-0.3, -0.25) is 24.6 Å². The van der Waals surface area contributed by atoms with Crippen LogP contribution >= 0.6 is 0 Å². The smallest absolute Gasteiger partial charge is 0.270 e. The molecule has 1 fully saturated rings. The standard InChI is InChI=1S/C25H26N4O4/c1-18(26-24(30)20-8-5-10-22(16-20)29(32)33)25(31)28-14-12-27(13-15-28)17-21-9-4-7-19-6-2-3-11-23(19)21/h2-11,16,18H,12-15,17H2,1H3,(H,26,30)/t18-/m0/s1. The van der Waals surface area contributed by atoms with E-state index in [4.69, 9.17) is 0 Å². The molecule has 1 saturated heterocycles. The van der Waals surface area contributed by atoms with Crippen LogP contribution in [0.4, 0.5) is 5.69 Å². The van der Waals surface area contributed by atoms with E-state index in [1.54, 1.807) is 11.8 Å². The predicted molar refractivity (Wildman–Crippen MR) is 126 cm³/mol. The van der Waals surface area contributed by atoms with E-state index in [0.717, 1.165) is 19.6 Å². The highest BCUT2D eigenvalue weighted by Crippen LogP contribution is 2.21. The van der Waals surface area contributed by atoms with E-state index in [1.165, 1.54) is 40.6 Å². The van der Waals surface area contributed by atoms with Gasteiger partial charge in [-0.1, -0.05) is 48.5 Å². The van der Waals surface area contributed by atoms with Crippen molar-refractivity contribution in [2.75, 3.05) is 26.2 Å². The number of rotatable bonds is 6. The van der Waals surface area contributed by atoms with Gasteiger partial charge in [0.15, 0.2) is 0 Å². The number of carbonyl (C=O) groups is 2. The van der Waals surface area contributed by atoms with E-state index in [1.807, 2.05) is 12.1 Å². The van der Waals surface area contributed by atoms with Crippen molar-refractivity contribution in [1.29, 1.82) is 0 Å². The van der Waals surface area contributed by atoms with Gasteiger partial charge >= 0.3 is 0 Å². The van der Waals surface area contributed by atoms with Crippen LogP contribution in [0.5, 0.6) is 0 Å². The van der Waals surface area contributed by atoms with E-state index in [9.17, 15) is 19.7 Å². The molecule has 1 atom stereocenters. The Morgan fingerprint density at radius 1 is 1.00 bits per heavy atom. The summed E-state index contributed by atoms with van der Waals surface area (Å²) in [6.07, 6.45) is 0. The number of non-ortho nitro benzene ring substituents is 1. The Morgan fingerprint density at radius 3 is 2.45 bits per heavy atom. The maximum absolute atomic E-state index is 12.9. The third kappa shape index (κ3) is 5.18. The number of piperazine rings is 1. The maximum atomic E-state index is 12.9. The molecule has 33 heavy (non-hydrogen) atoms. The molecule has 0 bridgehead atoms. The number of nitro groups is 1. The molecular formula is C25H26N4O4. The molecule has 1 N–H and O–H groups in total. The molecule has 1 aliphatic rings. The minimum Gasteiger partial charge on any atom is -0.341 e. The van der Waals surface area contributed by atoms with Crippen molar-refractivity contribution in [3.05, 3.63) is 88.0 Å². The summed E-state index contributed by atoms with van der Waals surface area (Å²) in [4.78, 5) is 39.8. The van der Waals surface area contributed by atoms with Crippen molar-refractivity contribution in [3.63, 3.8) is 0 Å². The quantitative estimate of drug-likeness (QED) is 0.463. The van der Waals surface area contributed by atoms with Gasteiger partial charge in [0.25, 0.3) is 11.6 Å². The third-order valence-corrected chi connectivity index (χ3v) is 6.00. The van der Waals surface area contributed by atoms with E-state index in [2.05, 4.69) is 40.5 Å². The molecule has 0 saturated carbocycles. The molecule has 170 valence electrons. The highest BCUT2D eigenvalue weighted by atomic mass is 16.6. The number of carbonyl (C=O) groups excluding carboxylic acids is 2. The fraction of sp³-hybridized carbons (Fsp3) is 0.280. The van der Waals surface area contributed by atoms with Crippen molar-refractivity contribution in [3.8, 4) is 0 Å². The van der Waals surface area contributed by atoms with Gasteiger partial charge in [-0.25, -0.2) is 0 Å². The van der Waals surface area contributed by atoms with Crippen LogP contribution in [-0.4, -0.2) is 58.8 Å². The van der Waals surface area contributed by atoms with E-state index >= 15 is 0 Å². The highest BCUT2D eigenvalue weighted by molar-refractivity contribution is 5.97. The van der Waals surface area contributed by atoms with Crippen molar-refractivity contribution in [1.82, 2.24) is 15.1 Å². The number of amides is 2. The average Bonchev–Trinajstić information content (AvgIpc) is 2.84. The molecule has 0 radical (unpaired) electrons. The molecule has 1 aliphatic heterocycles. The molecule has 8 heteroatoms. The van der Waals surface area contributed by atoms with Gasteiger partial charge in [0.2, 0.25) is 5.91 Å². The fourth-order valence-electron chi connectivity index (χ4n) is 4.17. The van der Waals surface area contributed by atoms with Crippen molar-refractivity contribution in [2.24, 2.45) is 0 Å². The second-order valence-electron chi connectivity index (χ2n) is 8.24. The van der Waals surface area contributed by atoms with Crippen LogP contribution in [0.1, 0.15) is 22.8 Å². The zero-order valence-corrected chi connectivity index (χ0v) is 18.4. The van der Waals surface area contributed by atoms with Gasteiger partial charge in [0.05, 0.1) is 4.92 Å². The Morgan fingerprint density at radius 2 is 1.70 bits per heavy atom. The minimum absolute atomic E-state index is 0.154. The third-order valence-electron chi connectivity index (χ3n) is 6.00. The number of hydrogen-bond donors (Lipinski definition) is 1. The van der Waals surface area contributed by atoms with Crippen molar-refractivity contribution in [2.45, 2.75) is 19.5 Å². The van der Waals surface area contributed by atoms with Gasteiger partial charge in [0, 0.05) is 50.4 Å². The predicted octanol–water partition coefficient (Wildman–Crippen LogP) is 3.21. The first-order chi connectivity index (χ1) is 15.9. The van der Waals surface area contributed by atoms with Crippen LogP contribution < -0.4 is 5.32 Å². The van der Waals surface area contributed by atoms with Crippen LogP contribution in [0.15, 0.2) is 66.7 Å². The maximum Gasteiger partial charge on any atom is 0.270 e. The van der Waals surface area contributed by atoms with Crippen LogP contribution in [0.3, 0.4) is 0 Å². The number of benzene rings is 3. The minimum atomic E-state index is -0.721. The van der Waals surface area contributed by atoms with E-state index in [0.29, 0.717) is 13.1 Å². The summed E-state index contributed by atoms with van der Waals surface area (Å²) >= 11 is 0. The molecular weight excluding hydrogens is 420 g/mol. The summed E-state index contributed by atoms with van der Waals surface area (Å²) < 4.78 is 0.